The molecule has 0 amide bonds. The van der Waals surface area contributed by atoms with Gasteiger partial charge in [-0.2, -0.15) is 9.97 Å². The number of anilines is 4. The summed E-state index contributed by atoms with van der Waals surface area (Å²) in [6.07, 6.45) is 2.17. The van der Waals surface area contributed by atoms with Crippen molar-refractivity contribution in [2.45, 2.75) is 25.8 Å². The monoisotopic (exact) mass is 255 g/mol. The van der Waals surface area contributed by atoms with E-state index in [1.165, 1.54) is 11.3 Å². The van der Waals surface area contributed by atoms with E-state index in [0.29, 0.717) is 11.9 Å². The first-order valence-electron chi connectivity index (χ1n) is 6.42. The number of nitrogen functional groups attached to an aromatic ring is 2. The molecule has 1 atom stereocenters. The van der Waals surface area contributed by atoms with Gasteiger partial charge in [0.2, 0.25) is 5.95 Å². The normalized spacial score (nSPS) is 18.2. The van der Waals surface area contributed by atoms with Crippen LogP contribution in [0.2, 0.25) is 0 Å². The second kappa shape index (κ2) is 4.42. The molecule has 5 nitrogen and oxygen atoms in total. The molecule has 2 aromatic rings. The Balaban J connectivity index is 2.13. The third-order valence-corrected chi connectivity index (χ3v) is 3.52. The number of aromatic nitrogens is 2. The van der Waals surface area contributed by atoms with Gasteiger partial charge in [-0.05, 0) is 31.4 Å². The number of aryl methyl sites for hydroxylation is 1. The van der Waals surface area contributed by atoms with Crippen LogP contribution >= 0.6 is 0 Å². The van der Waals surface area contributed by atoms with Crippen molar-refractivity contribution in [1.82, 2.24) is 9.97 Å². The molecule has 1 aromatic carbocycles. The van der Waals surface area contributed by atoms with Gasteiger partial charge in [0.25, 0.3) is 0 Å². The van der Waals surface area contributed by atoms with Gasteiger partial charge in [0.15, 0.2) is 0 Å². The number of benzene rings is 1. The van der Waals surface area contributed by atoms with E-state index >= 15 is 0 Å². The van der Waals surface area contributed by atoms with E-state index in [2.05, 4.69) is 40.0 Å². The zero-order chi connectivity index (χ0) is 13.4. The fourth-order valence-corrected chi connectivity index (χ4v) is 2.63. The molecule has 0 aliphatic carbocycles. The standard InChI is InChI=1S/C14H17N5/c1-9-6-7-10-4-2-3-5-11(10)19(9)13-8-12(15)17-14(16)18-13/h2-5,8-9H,6-7H2,1H3,(H4,15,16,17,18). The van der Waals surface area contributed by atoms with Crippen molar-refractivity contribution in [3.63, 3.8) is 0 Å². The van der Waals surface area contributed by atoms with E-state index in [9.17, 15) is 0 Å². The highest BCUT2D eigenvalue weighted by atomic mass is 15.2. The van der Waals surface area contributed by atoms with Crippen LogP contribution in [0.1, 0.15) is 18.9 Å². The van der Waals surface area contributed by atoms with E-state index in [4.69, 9.17) is 11.5 Å². The van der Waals surface area contributed by atoms with Crippen molar-refractivity contribution in [3.05, 3.63) is 35.9 Å². The summed E-state index contributed by atoms with van der Waals surface area (Å²) < 4.78 is 0. The molecule has 19 heavy (non-hydrogen) atoms. The summed E-state index contributed by atoms with van der Waals surface area (Å²) in [7, 11) is 0. The number of nitrogens with two attached hydrogens (primary N) is 2. The summed E-state index contributed by atoms with van der Waals surface area (Å²) in [6.45, 7) is 2.18. The molecule has 3 rings (SSSR count). The third kappa shape index (κ3) is 2.07. The van der Waals surface area contributed by atoms with Crippen molar-refractivity contribution in [1.29, 1.82) is 0 Å². The van der Waals surface area contributed by atoms with Gasteiger partial charge in [-0.3, -0.25) is 0 Å². The zero-order valence-electron chi connectivity index (χ0n) is 10.9. The summed E-state index contributed by atoms with van der Waals surface area (Å²) in [6, 6.07) is 10.5. The molecule has 1 aliphatic rings. The average Bonchev–Trinajstić information content (AvgIpc) is 2.37. The van der Waals surface area contributed by atoms with Crippen LogP contribution in [0.4, 0.5) is 23.3 Å². The van der Waals surface area contributed by atoms with E-state index in [1.54, 1.807) is 6.07 Å². The Morgan fingerprint density at radius 2 is 2.00 bits per heavy atom. The van der Waals surface area contributed by atoms with Gasteiger partial charge in [-0.25, -0.2) is 0 Å². The van der Waals surface area contributed by atoms with Crippen LogP contribution < -0.4 is 16.4 Å². The number of nitrogens with zero attached hydrogens (tertiary/aromatic N) is 3. The van der Waals surface area contributed by atoms with Crippen LogP contribution in [0, 0.1) is 0 Å². The number of hydrogen-bond donors (Lipinski definition) is 2. The topological polar surface area (TPSA) is 81.1 Å². The predicted molar refractivity (Wildman–Crippen MR) is 77.2 cm³/mol. The van der Waals surface area contributed by atoms with Gasteiger partial charge < -0.3 is 16.4 Å². The molecular formula is C14H17N5. The smallest absolute Gasteiger partial charge is 0.223 e. The van der Waals surface area contributed by atoms with Gasteiger partial charge in [-0.1, -0.05) is 18.2 Å². The Morgan fingerprint density at radius 1 is 1.21 bits per heavy atom. The maximum absolute atomic E-state index is 5.77. The molecular weight excluding hydrogens is 238 g/mol. The minimum Gasteiger partial charge on any atom is -0.383 e. The summed E-state index contributed by atoms with van der Waals surface area (Å²) >= 11 is 0. The van der Waals surface area contributed by atoms with Crippen molar-refractivity contribution in [3.8, 4) is 0 Å². The van der Waals surface area contributed by atoms with Crippen LogP contribution in [-0.2, 0) is 6.42 Å². The molecule has 0 fully saturated rings. The molecule has 0 bridgehead atoms. The molecule has 2 heterocycles. The largest absolute Gasteiger partial charge is 0.383 e. The van der Waals surface area contributed by atoms with Gasteiger partial charge in [0.05, 0.1) is 0 Å². The Kier molecular flexibility index (Phi) is 2.74. The maximum Gasteiger partial charge on any atom is 0.223 e. The lowest BCUT2D eigenvalue weighted by atomic mass is 9.97. The maximum atomic E-state index is 5.77. The zero-order valence-corrected chi connectivity index (χ0v) is 10.9. The molecule has 98 valence electrons. The Bertz CT molecular complexity index is 590. The quantitative estimate of drug-likeness (QED) is 0.815. The molecule has 0 saturated carbocycles. The highest BCUT2D eigenvalue weighted by Gasteiger charge is 2.25. The fraction of sp³-hybridized carbons (Fsp3) is 0.286. The second-order valence-electron chi connectivity index (χ2n) is 4.90. The predicted octanol–water partition coefficient (Wildman–Crippen LogP) is 2.11. The molecule has 0 radical (unpaired) electrons. The average molecular weight is 255 g/mol. The summed E-state index contributed by atoms with van der Waals surface area (Å²) in [4.78, 5) is 10.4. The Hall–Kier alpha value is -2.30. The molecule has 1 unspecified atom stereocenters. The first kappa shape index (κ1) is 11.8. The number of hydrogen-bond acceptors (Lipinski definition) is 5. The number of fused-ring (bicyclic) bond motifs is 1. The Labute approximate surface area is 112 Å². The van der Waals surface area contributed by atoms with Gasteiger partial charge in [-0.15, -0.1) is 0 Å². The number of rotatable bonds is 1. The van der Waals surface area contributed by atoms with Crippen molar-refractivity contribution >= 4 is 23.3 Å². The summed E-state index contributed by atoms with van der Waals surface area (Å²) in [5.41, 5.74) is 14.0. The van der Waals surface area contributed by atoms with Crippen LogP contribution in [0.3, 0.4) is 0 Å². The minimum absolute atomic E-state index is 0.213. The molecule has 1 aromatic heterocycles. The van der Waals surface area contributed by atoms with Crippen LogP contribution in [0.15, 0.2) is 30.3 Å². The first-order chi connectivity index (χ1) is 9.15. The fourth-order valence-electron chi connectivity index (χ4n) is 2.63. The third-order valence-electron chi connectivity index (χ3n) is 3.52. The van der Waals surface area contributed by atoms with E-state index in [-0.39, 0.29) is 5.95 Å². The van der Waals surface area contributed by atoms with Crippen LogP contribution in [-0.4, -0.2) is 16.0 Å². The van der Waals surface area contributed by atoms with Gasteiger partial charge in [0, 0.05) is 17.8 Å². The number of para-hydroxylation sites is 1. The lowest BCUT2D eigenvalue weighted by Crippen LogP contribution is -2.34. The Morgan fingerprint density at radius 3 is 2.79 bits per heavy atom. The summed E-state index contributed by atoms with van der Waals surface area (Å²) in [5.74, 6) is 1.38. The van der Waals surface area contributed by atoms with Crippen molar-refractivity contribution in [2.24, 2.45) is 0 Å². The second-order valence-corrected chi connectivity index (χ2v) is 4.90. The van der Waals surface area contributed by atoms with Crippen molar-refractivity contribution in [2.75, 3.05) is 16.4 Å². The van der Waals surface area contributed by atoms with Gasteiger partial charge >= 0.3 is 0 Å². The highest BCUT2D eigenvalue weighted by Crippen LogP contribution is 2.36. The lowest BCUT2D eigenvalue weighted by Gasteiger charge is -2.36. The molecule has 1 aliphatic heterocycles. The highest BCUT2D eigenvalue weighted by molar-refractivity contribution is 5.68. The van der Waals surface area contributed by atoms with E-state index in [0.717, 1.165) is 18.7 Å². The molecule has 0 saturated heterocycles. The molecule has 5 heteroatoms. The van der Waals surface area contributed by atoms with Crippen molar-refractivity contribution < 1.29 is 0 Å². The SMILES string of the molecule is CC1CCc2ccccc2N1c1cc(N)nc(N)n1. The van der Waals surface area contributed by atoms with E-state index in [1.807, 2.05) is 6.07 Å². The lowest BCUT2D eigenvalue weighted by molar-refractivity contribution is 0.613. The van der Waals surface area contributed by atoms with Crippen LogP contribution in [0.25, 0.3) is 0 Å². The summed E-state index contributed by atoms with van der Waals surface area (Å²) in [5, 5.41) is 0. The molecule has 4 N–H and O–H groups in total. The van der Waals surface area contributed by atoms with Gasteiger partial charge in [0.1, 0.15) is 11.6 Å². The minimum atomic E-state index is 0.213. The van der Waals surface area contributed by atoms with E-state index < -0.39 is 0 Å². The first-order valence-corrected chi connectivity index (χ1v) is 6.42. The van der Waals surface area contributed by atoms with Crippen LogP contribution in [0.5, 0.6) is 0 Å². The molecule has 0 spiro atoms.